The molecule has 3 N–H and O–H groups in total. The van der Waals surface area contributed by atoms with Crippen molar-refractivity contribution in [3.05, 3.63) is 80.2 Å². The molecule has 0 fully saturated rings. The third-order valence-corrected chi connectivity index (χ3v) is 9.97. The van der Waals surface area contributed by atoms with E-state index >= 15 is 0 Å². The zero-order valence-electron chi connectivity index (χ0n) is 23.8. The molecule has 1 aliphatic rings. The number of methoxy groups -OCH3 is 2. The fraction of sp³-hybridized carbons (Fsp3) is 0.241. The largest absolute Gasteiger partial charge is 0.493 e. The number of aryl methyl sites for hydroxylation is 2. The van der Waals surface area contributed by atoms with Crippen LogP contribution in [-0.4, -0.2) is 51.0 Å². The summed E-state index contributed by atoms with van der Waals surface area (Å²) in [6, 6.07) is 10.2. The normalized spacial score (nSPS) is 12.9. The molecule has 2 aromatic heterocycles. The average molecular weight is 624 g/mol. The Labute approximate surface area is 251 Å². The lowest BCUT2D eigenvalue weighted by molar-refractivity contribution is -0.126. The summed E-state index contributed by atoms with van der Waals surface area (Å²) in [4.78, 5) is 45.7. The number of fused-ring (bicyclic) bond motifs is 2. The van der Waals surface area contributed by atoms with Gasteiger partial charge in [-0.2, -0.15) is 0 Å². The quantitative estimate of drug-likeness (QED) is 0.200. The van der Waals surface area contributed by atoms with E-state index in [1.54, 1.807) is 12.1 Å². The Morgan fingerprint density at radius 1 is 1.14 bits per heavy atom. The lowest BCUT2D eigenvalue weighted by Crippen LogP contribution is -2.41. The highest BCUT2D eigenvalue weighted by Gasteiger charge is 2.34. The third kappa shape index (κ3) is 5.83. The lowest BCUT2D eigenvalue weighted by Gasteiger charge is -2.22. The molecule has 2 aromatic carbocycles. The van der Waals surface area contributed by atoms with Crippen LogP contribution in [0, 0.1) is 13.8 Å². The van der Waals surface area contributed by atoms with Crippen molar-refractivity contribution in [2.24, 2.45) is 0 Å². The number of hydrogen-bond acceptors (Lipinski definition) is 9. The summed E-state index contributed by atoms with van der Waals surface area (Å²) in [6.07, 6.45) is 2.83. The summed E-state index contributed by atoms with van der Waals surface area (Å²) in [6.45, 7) is 4.01. The van der Waals surface area contributed by atoms with Crippen LogP contribution in [0.25, 0.3) is 16.3 Å². The predicted molar refractivity (Wildman–Crippen MR) is 163 cm³/mol. The summed E-state index contributed by atoms with van der Waals surface area (Å²) in [5, 5.41) is 0.501. The summed E-state index contributed by atoms with van der Waals surface area (Å²) < 4.78 is 39.7. The minimum atomic E-state index is -4.05. The molecule has 14 heteroatoms. The number of aromatic amines is 1. The molecule has 0 atom stereocenters. The minimum Gasteiger partial charge on any atom is -0.493 e. The highest BCUT2D eigenvalue weighted by Crippen LogP contribution is 2.40. The Morgan fingerprint density at radius 3 is 2.65 bits per heavy atom. The molecule has 4 aromatic rings. The van der Waals surface area contributed by atoms with Gasteiger partial charge in [-0.1, -0.05) is 18.2 Å². The van der Waals surface area contributed by atoms with E-state index in [4.69, 9.17) is 9.47 Å². The molecule has 0 saturated carbocycles. The van der Waals surface area contributed by atoms with E-state index in [2.05, 4.69) is 20.8 Å². The van der Waals surface area contributed by atoms with Crippen molar-refractivity contribution in [2.45, 2.75) is 31.6 Å². The maximum Gasteiger partial charge on any atom is 0.268 e. The number of hydrogen-bond donors (Lipinski definition) is 3. The van der Waals surface area contributed by atoms with Crippen molar-refractivity contribution in [2.75, 3.05) is 25.1 Å². The van der Waals surface area contributed by atoms with Gasteiger partial charge < -0.3 is 14.5 Å². The minimum absolute atomic E-state index is 0.0402. The molecular formula is C29H29N5O7S2. The number of nitrogens with zero attached hydrogens (tertiary/aromatic N) is 2. The van der Waals surface area contributed by atoms with Crippen molar-refractivity contribution < 1.29 is 27.5 Å². The number of sulfonamides is 1. The van der Waals surface area contributed by atoms with Crippen LogP contribution in [0.3, 0.4) is 0 Å². The number of carbonyl (C=O) groups is 2. The number of thiophene rings is 1. The molecule has 0 unspecified atom stereocenters. The zero-order chi connectivity index (χ0) is 30.9. The second-order valence-corrected chi connectivity index (χ2v) is 12.8. The van der Waals surface area contributed by atoms with Gasteiger partial charge in [0.2, 0.25) is 5.91 Å². The first-order valence-corrected chi connectivity index (χ1v) is 15.4. The van der Waals surface area contributed by atoms with Crippen molar-refractivity contribution in [3.8, 4) is 11.5 Å². The number of benzene rings is 2. The fourth-order valence-corrected chi connectivity index (χ4v) is 7.60. The van der Waals surface area contributed by atoms with Crippen LogP contribution in [0.5, 0.6) is 11.5 Å². The van der Waals surface area contributed by atoms with Crippen molar-refractivity contribution in [3.63, 3.8) is 0 Å². The first kappa shape index (κ1) is 29.8. The summed E-state index contributed by atoms with van der Waals surface area (Å²) >= 11 is 1.37. The van der Waals surface area contributed by atoms with E-state index in [1.807, 2.05) is 26.0 Å². The standard InChI is InChI=1S/C29H29N5O7S2/c1-16-17(2)42-29-26(16)28(37)30-23(31-29)15-25(36)33-32-24(35)10-9-18-13-21(40-3)27(41-4)22(14-18)43(38,39)34-12-11-19-7-5-6-8-20(19)34/h5-10,13-14H,11-12,15H2,1-4H3,(H,32,35)(H,33,36)(H,30,31,37). The smallest absolute Gasteiger partial charge is 0.268 e. The maximum atomic E-state index is 13.8. The molecule has 3 heterocycles. The zero-order valence-corrected chi connectivity index (χ0v) is 25.4. The number of nitrogens with one attached hydrogen (secondary N) is 3. The van der Waals surface area contributed by atoms with Gasteiger partial charge in [0, 0.05) is 17.5 Å². The maximum absolute atomic E-state index is 13.8. The van der Waals surface area contributed by atoms with E-state index in [-0.39, 0.29) is 40.7 Å². The second kappa shape index (κ2) is 11.9. The van der Waals surface area contributed by atoms with Crippen LogP contribution >= 0.6 is 11.3 Å². The van der Waals surface area contributed by atoms with E-state index in [1.165, 1.54) is 48.1 Å². The number of ether oxygens (including phenoxy) is 2. The SMILES string of the molecule is COc1cc(C=CC(=O)NNC(=O)Cc2nc3sc(C)c(C)c3c(=O)[nH]2)cc(S(=O)(=O)N2CCc3ccccc32)c1OC. The van der Waals surface area contributed by atoms with Gasteiger partial charge in [0.05, 0.1) is 31.7 Å². The number of carbonyl (C=O) groups excluding carboxylic acids is 2. The fourth-order valence-electron chi connectivity index (χ4n) is 4.84. The van der Waals surface area contributed by atoms with Crippen LogP contribution in [0.2, 0.25) is 0 Å². The molecule has 0 radical (unpaired) electrons. The number of anilines is 1. The Bertz CT molecular complexity index is 1950. The molecular weight excluding hydrogens is 594 g/mol. The van der Waals surface area contributed by atoms with Gasteiger partial charge in [0.15, 0.2) is 11.5 Å². The van der Waals surface area contributed by atoms with E-state index < -0.39 is 21.8 Å². The molecule has 0 saturated heterocycles. The van der Waals surface area contributed by atoms with Gasteiger partial charge in [-0.25, -0.2) is 13.4 Å². The summed E-state index contributed by atoms with van der Waals surface area (Å²) in [7, 11) is -1.31. The predicted octanol–water partition coefficient (Wildman–Crippen LogP) is 2.77. The molecule has 0 bridgehead atoms. The molecule has 0 spiro atoms. The summed E-state index contributed by atoms with van der Waals surface area (Å²) in [5.74, 6) is -0.903. The Balaban J connectivity index is 1.30. The topological polar surface area (TPSA) is 160 Å². The Kier molecular flexibility index (Phi) is 8.24. The molecule has 43 heavy (non-hydrogen) atoms. The Hall–Kier alpha value is -4.69. The number of H-pyrrole nitrogens is 1. The highest BCUT2D eigenvalue weighted by atomic mass is 32.2. The highest BCUT2D eigenvalue weighted by molar-refractivity contribution is 7.93. The number of hydrazine groups is 1. The number of rotatable bonds is 8. The first-order chi connectivity index (χ1) is 20.5. The average Bonchev–Trinajstić information content (AvgIpc) is 3.55. The second-order valence-electron chi connectivity index (χ2n) is 9.73. The molecule has 5 rings (SSSR count). The van der Waals surface area contributed by atoms with Crippen LogP contribution in [0.15, 0.2) is 52.2 Å². The number of para-hydroxylation sites is 1. The number of aromatic nitrogens is 2. The van der Waals surface area contributed by atoms with Gasteiger partial charge in [0.25, 0.3) is 21.5 Å². The van der Waals surface area contributed by atoms with Gasteiger partial charge >= 0.3 is 0 Å². The third-order valence-electron chi connectivity index (χ3n) is 7.05. The van der Waals surface area contributed by atoms with Crippen molar-refractivity contribution in [1.82, 2.24) is 20.8 Å². The number of amides is 2. The van der Waals surface area contributed by atoms with Crippen molar-refractivity contribution >= 4 is 55.2 Å². The van der Waals surface area contributed by atoms with Gasteiger partial charge in [-0.15, -0.1) is 11.3 Å². The van der Waals surface area contributed by atoms with Crippen LogP contribution in [0.1, 0.15) is 27.4 Å². The van der Waals surface area contributed by atoms with Gasteiger partial charge in [-0.05, 0) is 61.2 Å². The lowest BCUT2D eigenvalue weighted by atomic mass is 10.2. The summed E-state index contributed by atoms with van der Waals surface area (Å²) in [5.41, 5.74) is 6.94. The van der Waals surface area contributed by atoms with E-state index in [0.29, 0.717) is 27.9 Å². The monoisotopic (exact) mass is 623 g/mol. The van der Waals surface area contributed by atoms with Crippen LogP contribution in [0.4, 0.5) is 5.69 Å². The van der Waals surface area contributed by atoms with Gasteiger partial charge in [-0.3, -0.25) is 29.5 Å². The molecule has 1 aliphatic heterocycles. The molecule has 12 nitrogen and oxygen atoms in total. The first-order valence-electron chi connectivity index (χ1n) is 13.2. The Morgan fingerprint density at radius 2 is 1.91 bits per heavy atom. The van der Waals surface area contributed by atoms with E-state index in [9.17, 15) is 22.8 Å². The van der Waals surface area contributed by atoms with Crippen molar-refractivity contribution in [1.29, 1.82) is 0 Å². The molecule has 2 amide bonds. The van der Waals surface area contributed by atoms with Crippen LogP contribution < -0.4 is 30.2 Å². The van der Waals surface area contributed by atoms with E-state index in [0.717, 1.165) is 22.1 Å². The molecule has 0 aliphatic carbocycles. The van der Waals surface area contributed by atoms with Gasteiger partial charge in [0.1, 0.15) is 15.6 Å². The van der Waals surface area contributed by atoms with Crippen LogP contribution in [-0.2, 0) is 32.5 Å². The molecule has 224 valence electrons.